The van der Waals surface area contributed by atoms with Gasteiger partial charge in [-0.1, -0.05) is 18.5 Å². The average molecular weight is 412 g/mol. The highest BCUT2D eigenvalue weighted by Crippen LogP contribution is 2.27. The van der Waals surface area contributed by atoms with Crippen molar-refractivity contribution in [3.05, 3.63) is 53.6 Å². The summed E-state index contributed by atoms with van der Waals surface area (Å²) in [6, 6.07) is 12.6. The van der Waals surface area contributed by atoms with Crippen LogP contribution >= 0.6 is 11.6 Å². The van der Waals surface area contributed by atoms with E-state index < -0.39 is 16.0 Å². The fraction of sp³-hybridized carbons (Fsp3) is 0.316. The van der Waals surface area contributed by atoms with Crippen LogP contribution in [-0.2, 0) is 14.8 Å². The molecule has 27 heavy (non-hydrogen) atoms. The molecule has 2 aromatic rings. The van der Waals surface area contributed by atoms with Crippen LogP contribution < -0.4 is 9.04 Å². The van der Waals surface area contributed by atoms with Crippen molar-refractivity contribution in [1.82, 2.24) is 0 Å². The monoisotopic (exact) mass is 411 g/mol. The summed E-state index contributed by atoms with van der Waals surface area (Å²) in [6.07, 6.45) is 0.939. The normalized spacial score (nSPS) is 11.2. The van der Waals surface area contributed by atoms with Crippen LogP contribution in [0.5, 0.6) is 5.75 Å². The maximum atomic E-state index is 13.1. The van der Waals surface area contributed by atoms with E-state index in [1.54, 1.807) is 24.3 Å². The van der Waals surface area contributed by atoms with E-state index in [0.29, 0.717) is 23.1 Å². The number of aliphatic carboxylic acids is 1. The van der Waals surface area contributed by atoms with E-state index in [-0.39, 0.29) is 24.3 Å². The van der Waals surface area contributed by atoms with Gasteiger partial charge in [0, 0.05) is 18.0 Å². The van der Waals surface area contributed by atoms with Crippen LogP contribution in [0.2, 0.25) is 5.02 Å². The Labute approximate surface area is 164 Å². The van der Waals surface area contributed by atoms with Gasteiger partial charge in [0.1, 0.15) is 5.75 Å². The third kappa shape index (κ3) is 5.87. The highest BCUT2D eigenvalue weighted by atomic mass is 35.5. The molecule has 0 fully saturated rings. The molecule has 2 aromatic carbocycles. The van der Waals surface area contributed by atoms with Gasteiger partial charge in [-0.3, -0.25) is 9.10 Å². The van der Waals surface area contributed by atoms with Crippen molar-refractivity contribution in [2.45, 2.75) is 31.1 Å². The molecule has 1 N–H and O–H groups in total. The van der Waals surface area contributed by atoms with Crippen LogP contribution in [0.25, 0.3) is 0 Å². The van der Waals surface area contributed by atoms with E-state index in [1.807, 2.05) is 6.92 Å². The number of hydrogen-bond donors (Lipinski definition) is 1. The van der Waals surface area contributed by atoms with Gasteiger partial charge in [0.15, 0.2) is 0 Å². The minimum absolute atomic E-state index is 0.0480. The zero-order valence-electron chi connectivity index (χ0n) is 15.0. The van der Waals surface area contributed by atoms with E-state index in [4.69, 9.17) is 21.4 Å². The topological polar surface area (TPSA) is 83.9 Å². The minimum atomic E-state index is -3.86. The van der Waals surface area contributed by atoms with Gasteiger partial charge in [-0.2, -0.15) is 0 Å². The number of halogens is 1. The largest absolute Gasteiger partial charge is 0.494 e. The fourth-order valence-electron chi connectivity index (χ4n) is 2.42. The van der Waals surface area contributed by atoms with E-state index in [0.717, 1.165) is 6.42 Å². The zero-order chi connectivity index (χ0) is 19.9. The van der Waals surface area contributed by atoms with Crippen LogP contribution in [0, 0.1) is 0 Å². The van der Waals surface area contributed by atoms with Gasteiger partial charge in [-0.15, -0.1) is 0 Å². The van der Waals surface area contributed by atoms with Crippen LogP contribution in [-0.4, -0.2) is 32.6 Å². The average Bonchev–Trinajstić information content (AvgIpc) is 2.64. The number of carbonyl (C=O) groups is 1. The van der Waals surface area contributed by atoms with Crippen molar-refractivity contribution in [2.24, 2.45) is 0 Å². The third-order valence-corrected chi connectivity index (χ3v) is 5.84. The third-order valence-electron chi connectivity index (χ3n) is 3.75. The molecule has 0 aliphatic rings. The molecule has 2 rings (SSSR count). The van der Waals surface area contributed by atoms with E-state index in [1.165, 1.54) is 28.6 Å². The molecule has 0 unspecified atom stereocenters. The van der Waals surface area contributed by atoms with E-state index in [9.17, 15) is 13.2 Å². The Balaban J connectivity index is 2.32. The number of carboxylic acid groups (broad SMARTS) is 1. The van der Waals surface area contributed by atoms with Crippen molar-refractivity contribution in [1.29, 1.82) is 0 Å². The maximum absolute atomic E-state index is 13.1. The smallest absolute Gasteiger partial charge is 0.303 e. The lowest BCUT2D eigenvalue weighted by Crippen LogP contribution is -2.32. The number of rotatable bonds is 10. The first-order valence-corrected chi connectivity index (χ1v) is 10.4. The number of hydrogen-bond acceptors (Lipinski definition) is 4. The summed E-state index contributed by atoms with van der Waals surface area (Å²) in [5.41, 5.74) is 0.444. The summed E-state index contributed by atoms with van der Waals surface area (Å²) < 4.78 is 32.9. The van der Waals surface area contributed by atoms with Gasteiger partial charge in [0.05, 0.1) is 17.2 Å². The maximum Gasteiger partial charge on any atom is 0.303 e. The Morgan fingerprint density at radius 1 is 1.11 bits per heavy atom. The first-order valence-electron chi connectivity index (χ1n) is 8.57. The van der Waals surface area contributed by atoms with Crippen LogP contribution in [0.1, 0.15) is 26.2 Å². The molecule has 0 radical (unpaired) electrons. The van der Waals surface area contributed by atoms with E-state index in [2.05, 4.69) is 0 Å². The highest BCUT2D eigenvalue weighted by molar-refractivity contribution is 7.92. The van der Waals surface area contributed by atoms with Gasteiger partial charge in [-0.25, -0.2) is 8.42 Å². The summed E-state index contributed by atoms with van der Waals surface area (Å²) in [4.78, 5) is 10.9. The lowest BCUT2D eigenvalue weighted by atomic mass is 10.2. The Morgan fingerprint density at radius 2 is 1.74 bits per heavy atom. The molecule has 0 saturated carbocycles. The Hall–Kier alpha value is -2.25. The van der Waals surface area contributed by atoms with Gasteiger partial charge >= 0.3 is 5.97 Å². The molecule has 8 heteroatoms. The van der Waals surface area contributed by atoms with Crippen LogP contribution in [0.15, 0.2) is 53.4 Å². The second-order valence-electron chi connectivity index (χ2n) is 5.87. The number of benzene rings is 2. The Morgan fingerprint density at radius 3 is 2.30 bits per heavy atom. The molecule has 6 nitrogen and oxygen atoms in total. The lowest BCUT2D eigenvalue weighted by molar-refractivity contribution is -0.137. The van der Waals surface area contributed by atoms with Crippen molar-refractivity contribution in [3.63, 3.8) is 0 Å². The Kier molecular flexibility index (Phi) is 7.50. The summed E-state index contributed by atoms with van der Waals surface area (Å²) >= 11 is 5.85. The van der Waals surface area contributed by atoms with Crippen molar-refractivity contribution in [3.8, 4) is 5.75 Å². The molecule has 0 bridgehead atoms. The predicted octanol–water partition coefficient (Wildman–Crippen LogP) is 4.19. The quantitative estimate of drug-likeness (QED) is 0.633. The number of ether oxygens (including phenoxy) is 1. The molecule has 0 heterocycles. The minimum Gasteiger partial charge on any atom is -0.494 e. The van der Waals surface area contributed by atoms with Crippen molar-refractivity contribution < 1.29 is 23.1 Å². The van der Waals surface area contributed by atoms with Crippen molar-refractivity contribution in [2.75, 3.05) is 17.5 Å². The fourth-order valence-corrected chi connectivity index (χ4v) is 4.05. The molecule has 0 aliphatic carbocycles. The standard InChI is InChI=1S/C19H22ClNO5S/c1-2-14-26-17-9-7-16(8-10-17)21(13-3-4-19(22)23)27(24,25)18-11-5-15(20)6-12-18/h5-12H,2-4,13-14H2,1H3,(H,22,23). The van der Waals surface area contributed by atoms with Gasteiger partial charge in [0.25, 0.3) is 10.0 Å². The van der Waals surface area contributed by atoms with E-state index >= 15 is 0 Å². The first-order chi connectivity index (χ1) is 12.8. The summed E-state index contributed by atoms with van der Waals surface area (Å²) in [5.74, 6) is -0.322. The molecule has 0 spiro atoms. The van der Waals surface area contributed by atoms with Gasteiger partial charge < -0.3 is 9.84 Å². The number of sulfonamides is 1. The molecule has 0 atom stereocenters. The SMILES string of the molecule is CCCOc1ccc(N(CCCC(=O)O)S(=O)(=O)c2ccc(Cl)cc2)cc1. The zero-order valence-corrected chi connectivity index (χ0v) is 16.5. The number of nitrogens with zero attached hydrogens (tertiary/aromatic N) is 1. The number of carboxylic acids is 1. The predicted molar refractivity (Wildman–Crippen MR) is 105 cm³/mol. The van der Waals surface area contributed by atoms with Crippen LogP contribution in [0.4, 0.5) is 5.69 Å². The molecule has 0 aromatic heterocycles. The molecule has 0 aliphatic heterocycles. The second kappa shape index (κ2) is 9.62. The Bertz CT molecular complexity index is 851. The molecule has 0 saturated heterocycles. The molecular weight excluding hydrogens is 390 g/mol. The van der Waals surface area contributed by atoms with Crippen LogP contribution in [0.3, 0.4) is 0 Å². The summed E-state index contributed by atoms with van der Waals surface area (Å²) in [7, 11) is -3.86. The summed E-state index contributed by atoms with van der Waals surface area (Å²) in [5, 5.41) is 9.30. The first kappa shape index (κ1) is 21.1. The molecule has 0 amide bonds. The number of anilines is 1. The highest BCUT2D eigenvalue weighted by Gasteiger charge is 2.25. The summed E-state index contributed by atoms with van der Waals surface area (Å²) in [6.45, 7) is 2.62. The van der Waals surface area contributed by atoms with Gasteiger partial charge in [0.2, 0.25) is 0 Å². The molecule has 146 valence electrons. The second-order valence-corrected chi connectivity index (χ2v) is 8.17. The molecular formula is C19H22ClNO5S. The van der Waals surface area contributed by atoms with Crippen molar-refractivity contribution >= 4 is 33.3 Å². The van der Waals surface area contributed by atoms with Gasteiger partial charge in [-0.05, 0) is 61.4 Å². The lowest BCUT2D eigenvalue weighted by Gasteiger charge is -2.24.